The SMILES string of the molecule is COc1cc(C)c(-c2cnoc2N)cc1C. The Morgan fingerprint density at radius 2 is 1.94 bits per heavy atom. The molecule has 0 aliphatic carbocycles. The summed E-state index contributed by atoms with van der Waals surface area (Å²) in [6.07, 6.45) is 1.63. The van der Waals surface area contributed by atoms with Crippen molar-refractivity contribution in [2.75, 3.05) is 12.8 Å². The fourth-order valence-electron chi connectivity index (χ4n) is 1.75. The number of aromatic nitrogens is 1. The number of ether oxygens (including phenoxy) is 1. The summed E-state index contributed by atoms with van der Waals surface area (Å²) in [6.45, 7) is 4.00. The van der Waals surface area contributed by atoms with E-state index in [1.54, 1.807) is 13.3 Å². The number of methoxy groups -OCH3 is 1. The summed E-state index contributed by atoms with van der Waals surface area (Å²) in [5, 5.41) is 3.68. The molecule has 4 nitrogen and oxygen atoms in total. The Kier molecular flexibility index (Phi) is 2.56. The second-order valence-corrected chi connectivity index (χ2v) is 3.74. The monoisotopic (exact) mass is 218 g/mol. The summed E-state index contributed by atoms with van der Waals surface area (Å²) in [5.41, 5.74) is 9.69. The quantitative estimate of drug-likeness (QED) is 0.841. The molecule has 1 aromatic heterocycles. The highest BCUT2D eigenvalue weighted by atomic mass is 16.5. The van der Waals surface area contributed by atoms with Crippen LogP contribution >= 0.6 is 0 Å². The van der Waals surface area contributed by atoms with E-state index in [0.29, 0.717) is 5.88 Å². The predicted molar refractivity (Wildman–Crippen MR) is 62.4 cm³/mol. The number of nitrogens with zero attached hydrogens (tertiary/aromatic N) is 1. The van der Waals surface area contributed by atoms with Gasteiger partial charge in [-0.1, -0.05) is 5.16 Å². The Labute approximate surface area is 94.0 Å². The molecule has 1 aromatic carbocycles. The van der Waals surface area contributed by atoms with Crippen LogP contribution in [0.2, 0.25) is 0 Å². The van der Waals surface area contributed by atoms with Crippen LogP contribution in [0.25, 0.3) is 11.1 Å². The highest BCUT2D eigenvalue weighted by Crippen LogP contribution is 2.32. The number of hydrogen-bond donors (Lipinski definition) is 1. The molecule has 84 valence electrons. The van der Waals surface area contributed by atoms with Crippen molar-refractivity contribution in [1.82, 2.24) is 5.16 Å². The lowest BCUT2D eigenvalue weighted by atomic mass is 10.00. The summed E-state index contributed by atoms with van der Waals surface area (Å²) in [5.74, 6) is 1.21. The zero-order valence-corrected chi connectivity index (χ0v) is 9.57. The van der Waals surface area contributed by atoms with Crippen molar-refractivity contribution in [3.63, 3.8) is 0 Å². The maximum atomic E-state index is 5.70. The van der Waals surface area contributed by atoms with Crippen molar-refractivity contribution >= 4 is 5.88 Å². The first-order valence-electron chi connectivity index (χ1n) is 4.99. The molecule has 0 aliphatic rings. The molecule has 0 aliphatic heterocycles. The Balaban J connectivity index is 2.59. The molecule has 0 spiro atoms. The molecule has 1 heterocycles. The Morgan fingerprint density at radius 1 is 1.19 bits per heavy atom. The van der Waals surface area contributed by atoms with Crippen LogP contribution in [-0.4, -0.2) is 12.3 Å². The number of nitrogen functional groups attached to an aromatic ring is 1. The standard InChI is InChI=1S/C12H14N2O2/c1-7-5-11(15-3)8(2)4-9(7)10-6-14-16-12(10)13/h4-6H,13H2,1-3H3. The van der Waals surface area contributed by atoms with Gasteiger partial charge in [-0.05, 0) is 42.7 Å². The fourth-order valence-corrected chi connectivity index (χ4v) is 1.75. The van der Waals surface area contributed by atoms with Crippen LogP contribution in [0, 0.1) is 13.8 Å². The van der Waals surface area contributed by atoms with E-state index in [1.165, 1.54) is 0 Å². The number of hydrogen-bond acceptors (Lipinski definition) is 4. The second-order valence-electron chi connectivity index (χ2n) is 3.74. The molecule has 0 saturated carbocycles. The minimum absolute atomic E-state index is 0.340. The molecule has 2 N–H and O–H groups in total. The van der Waals surface area contributed by atoms with Gasteiger partial charge in [-0.3, -0.25) is 0 Å². The largest absolute Gasteiger partial charge is 0.496 e. The highest BCUT2D eigenvalue weighted by molar-refractivity contribution is 5.75. The van der Waals surface area contributed by atoms with Crippen LogP contribution in [-0.2, 0) is 0 Å². The van der Waals surface area contributed by atoms with Crippen LogP contribution in [0.4, 0.5) is 5.88 Å². The zero-order valence-electron chi connectivity index (χ0n) is 9.57. The zero-order chi connectivity index (χ0) is 11.7. The number of benzene rings is 1. The molecule has 2 rings (SSSR count). The number of aryl methyl sites for hydroxylation is 2. The van der Waals surface area contributed by atoms with Crippen LogP contribution in [0.15, 0.2) is 22.9 Å². The van der Waals surface area contributed by atoms with Crippen molar-refractivity contribution in [1.29, 1.82) is 0 Å². The van der Waals surface area contributed by atoms with Crippen LogP contribution < -0.4 is 10.5 Å². The van der Waals surface area contributed by atoms with Crippen LogP contribution in [0.1, 0.15) is 11.1 Å². The number of rotatable bonds is 2. The average molecular weight is 218 g/mol. The molecule has 0 saturated heterocycles. The molecular weight excluding hydrogens is 204 g/mol. The summed E-state index contributed by atoms with van der Waals surface area (Å²) < 4.78 is 10.1. The average Bonchev–Trinajstić information content (AvgIpc) is 2.67. The molecule has 0 fully saturated rings. The smallest absolute Gasteiger partial charge is 0.229 e. The molecule has 0 unspecified atom stereocenters. The van der Waals surface area contributed by atoms with Crippen molar-refractivity contribution in [2.24, 2.45) is 0 Å². The van der Waals surface area contributed by atoms with E-state index < -0.39 is 0 Å². The van der Waals surface area contributed by atoms with Gasteiger partial charge in [-0.15, -0.1) is 0 Å². The van der Waals surface area contributed by atoms with Crippen LogP contribution in [0.5, 0.6) is 5.75 Å². The van der Waals surface area contributed by atoms with Gasteiger partial charge in [0.1, 0.15) is 5.75 Å². The third kappa shape index (κ3) is 1.62. The molecule has 0 radical (unpaired) electrons. The first kappa shape index (κ1) is 10.5. The minimum atomic E-state index is 0.340. The van der Waals surface area contributed by atoms with Crippen molar-refractivity contribution in [2.45, 2.75) is 13.8 Å². The highest BCUT2D eigenvalue weighted by Gasteiger charge is 2.12. The third-order valence-corrected chi connectivity index (χ3v) is 2.63. The van der Waals surface area contributed by atoms with Crippen molar-refractivity contribution in [3.05, 3.63) is 29.5 Å². The molecule has 0 amide bonds. The lowest BCUT2D eigenvalue weighted by Crippen LogP contribution is -1.92. The van der Waals surface area contributed by atoms with E-state index in [2.05, 4.69) is 5.16 Å². The van der Waals surface area contributed by atoms with E-state index in [1.807, 2.05) is 26.0 Å². The van der Waals surface area contributed by atoms with E-state index in [9.17, 15) is 0 Å². The van der Waals surface area contributed by atoms with Gasteiger partial charge in [0.2, 0.25) is 5.88 Å². The lowest BCUT2D eigenvalue weighted by molar-refractivity contribution is 0.411. The van der Waals surface area contributed by atoms with E-state index in [-0.39, 0.29) is 0 Å². The van der Waals surface area contributed by atoms with Gasteiger partial charge in [0.15, 0.2) is 0 Å². The van der Waals surface area contributed by atoms with Gasteiger partial charge in [-0.25, -0.2) is 0 Å². The molecule has 0 atom stereocenters. The first-order valence-corrected chi connectivity index (χ1v) is 4.99. The van der Waals surface area contributed by atoms with Crippen molar-refractivity contribution < 1.29 is 9.26 Å². The van der Waals surface area contributed by atoms with Crippen LogP contribution in [0.3, 0.4) is 0 Å². The summed E-state index contributed by atoms with van der Waals surface area (Å²) in [6, 6.07) is 4.01. The Bertz CT molecular complexity index is 518. The predicted octanol–water partition coefficient (Wildman–Crippen LogP) is 2.55. The van der Waals surface area contributed by atoms with E-state index in [4.69, 9.17) is 15.0 Å². The molecule has 0 bridgehead atoms. The van der Waals surface area contributed by atoms with Crippen molar-refractivity contribution in [3.8, 4) is 16.9 Å². The normalized spacial score (nSPS) is 10.4. The molecule has 4 heteroatoms. The first-order chi connectivity index (χ1) is 7.63. The summed E-state index contributed by atoms with van der Waals surface area (Å²) >= 11 is 0. The van der Waals surface area contributed by atoms with Gasteiger partial charge >= 0.3 is 0 Å². The summed E-state index contributed by atoms with van der Waals surface area (Å²) in [4.78, 5) is 0. The second kappa shape index (κ2) is 3.89. The summed E-state index contributed by atoms with van der Waals surface area (Å²) in [7, 11) is 1.66. The van der Waals surface area contributed by atoms with Gasteiger partial charge in [-0.2, -0.15) is 0 Å². The van der Waals surface area contributed by atoms with E-state index in [0.717, 1.165) is 28.0 Å². The van der Waals surface area contributed by atoms with Gasteiger partial charge in [0.25, 0.3) is 0 Å². The van der Waals surface area contributed by atoms with Gasteiger partial charge in [0, 0.05) is 0 Å². The minimum Gasteiger partial charge on any atom is -0.496 e. The molecule has 16 heavy (non-hydrogen) atoms. The molecular formula is C12H14N2O2. The Hall–Kier alpha value is -1.97. The Morgan fingerprint density at radius 3 is 2.50 bits per heavy atom. The number of anilines is 1. The maximum Gasteiger partial charge on any atom is 0.229 e. The fraction of sp³-hybridized carbons (Fsp3) is 0.250. The number of nitrogens with two attached hydrogens (primary N) is 1. The topological polar surface area (TPSA) is 61.3 Å². The van der Waals surface area contributed by atoms with Gasteiger partial charge < -0.3 is 15.0 Å². The maximum absolute atomic E-state index is 5.70. The van der Waals surface area contributed by atoms with Gasteiger partial charge in [0.05, 0.1) is 18.9 Å². The molecule has 2 aromatic rings. The third-order valence-electron chi connectivity index (χ3n) is 2.63. The van der Waals surface area contributed by atoms with E-state index >= 15 is 0 Å². The lowest BCUT2D eigenvalue weighted by Gasteiger charge is -2.10.